The van der Waals surface area contributed by atoms with Crippen molar-refractivity contribution in [1.29, 1.82) is 0 Å². The van der Waals surface area contributed by atoms with Crippen molar-refractivity contribution in [3.8, 4) is 0 Å². The van der Waals surface area contributed by atoms with E-state index in [4.69, 9.17) is 10.2 Å². The molecule has 4 nitrogen and oxygen atoms in total. The van der Waals surface area contributed by atoms with Crippen LogP contribution in [0.5, 0.6) is 0 Å². The first kappa shape index (κ1) is 10.7. The number of carboxylic acids is 2. The van der Waals surface area contributed by atoms with Crippen molar-refractivity contribution in [2.75, 3.05) is 0 Å². The molecular formula is C8H12O4. The Balaban J connectivity index is 4.14. The second-order valence-corrected chi connectivity index (χ2v) is 2.73. The maximum atomic E-state index is 10.3. The minimum atomic E-state index is -1.01. The molecule has 0 aromatic carbocycles. The molecule has 0 heterocycles. The standard InChI is InChI=1S/C8H12O4/c1-5(4-7(9)10)3-6(2)8(11)12/h3,5H,4H2,1-2H3,(H,9,10)(H,11,12). The normalized spacial score (nSPS) is 14.0. The van der Waals surface area contributed by atoms with Gasteiger partial charge in [0, 0.05) is 5.57 Å². The van der Waals surface area contributed by atoms with Crippen LogP contribution in [-0.2, 0) is 9.59 Å². The monoisotopic (exact) mass is 172 g/mol. The lowest BCUT2D eigenvalue weighted by molar-refractivity contribution is -0.138. The van der Waals surface area contributed by atoms with Gasteiger partial charge in [0.15, 0.2) is 0 Å². The predicted molar refractivity (Wildman–Crippen MR) is 42.8 cm³/mol. The molecule has 0 aliphatic heterocycles. The highest BCUT2D eigenvalue weighted by atomic mass is 16.4. The molecule has 0 bridgehead atoms. The summed E-state index contributed by atoms with van der Waals surface area (Å²) in [5.41, 5.74) is 0.184. The molecule has 1 atom stereocenters. The minimum Gasteiger partial charge on any atom is -0.481 e. The number of rotatable bonds is 4. The largest absolute Gasteiger partial charge is 0.481 e. The van der Waals surface area contributed by atoms with Gasteiger partial charge in [-0.25, -0.2) is 4.79 Å². The molecule has 0 radical (unpaired) electrons. The first-order chi connectivity index (χ1) is 5.43. The van der Waals surface area contributed by atoms with Crippen LogP contribution >= 0.6 is 0 Å². The highest BCUT2D eigenvalue weighted by Crippen LogP contribution is 2.07. The van der Waals surface area contributed by atoms with Crippen molar-refractivity contribution in [2.24, 2.45) is 5.92 Å². The highest BCUT2D eigenvalue weighted by Gasteiger charge is 2.07. The Bertz CT molecular complexity index is 217. The Labute approximate surface area is 70.5 Å². The summed E-state index contributed by atoms with van der Waals surface area (Å²) in [7, 11) is 0. The van der Waals surface area contributed by atoms with E-state index in [0.29, 0.717) is 0 Å². The highest BCUT2D eigenvalue weighted by molar-refractivity contribution is 5.85. The second kappa shape index (κ2) is 4.54. The Morgan fingerprint density at radius 1 is 1.42 bits per heavy atom. The second-order valence-electron chi connectivity index (χ2n) is 2.73. The van der Waals surface area contributed by atoms with E-state index in [1.54, 1.807) is 6.92 Å². The van der Waals surface area contributed by atoms with Gasteiger partial charge >= 0.3 is 11.9 Å². The fraction of sp³-hybridized carbons (Fsp3) is 0.500. The van der Waals surface area contributed by atoms with Crippen LogP contribution < -0.4 is 0 Å². The number of carboxylic acid groups (broad SMARTS) is 2. The molecule has 0 aliphatic rings. The van der Waals surface area contributed by atoms with E-state index in [2.05, 4.69) is 0 Å². The van der Waals surface area contributed by atoms with Gasteiger partial charge in [-0.3, -0.25) is 4.79 Å². The number of hydrogen-bond donors (Lipinski definition) is 2. The lowest BCUT2D eigenvalue weighted by Crippen LogP contribution is -2.04. The quantitative estimate of drug-likeness (QED) is 0.623. The molecule has 0 saturated carbocycles. The molecule has 0 aliphatic carbocycles. The third kappa shape index (κ3) is 4.49. The summed E-state index contributed by atoms with van der Waals surface area (Å²) < 4.78 is 0. The molecule has 0 saturated heterocycles. The van der Waals surface area contributed by atoms with Crippen molar-refractivity contribution < 1.29 is 19.8 Å². The molecule has 1 unspecified atom stereocenters. The third-order valence-corrected chi connectivity index (χ3v) is 1.37. The van der Waals surface area contributed by atoms with Crippen LogP contribution in [0.25, 0.3) is 0 Å². The summed E-state index contributed by atoms with van der Waals surface area (Å²) in [6, 6.07) is 0. The third-order valence-electron chi connectivity index (χ3n) is 1.37. The van der Waals surface area contributed by atoms with Crippen LogP contribution in [0.2, 0.25) is 0 Å². The Morgan fingerprint density at radius 2 is 1.92 bits per heavy atom. The van der Waals surface area contributed by atoms with Crippen LogP contribution in [-0.4, -0.2) is 22.2 Å². The van der Waals surface area contributed by atoms with E-state index in [1.165, 1.54) is 13.0 Å². The molecule has 12 heavy (non-hydrogen) atoms. The van der Waals surface area contributed by atoms with Gasteiger partial charge in [0.05, 0.1) is 6.42 Å². The predicted octanol–water partition coefficient (Wildman–Crippen LogP) is 1.13. The summed E-state index contributed by atoms with van der Waals surface area (Å²) in [6.45, 7) is 3.11. The average molecular weight is 172 g/mol. The zero-order valence-electron chi connectivity index (χ0n) is 7.07. The van der Waals surface area contributed by atoms with E-state index in [-0.39, 0.29) is 17.9 Å². The Morgan fingerprint density at radius 3 is 2.25 bits per heavy atom. The minimum absolute atomic E-state index is 0.0371. The van der Waals surface area contributed by atoms with Crippen LogP contribution in [0, 0.1) is 5.92 Å². The molecule has 0 aromatic rings. The van der Waals surface area contributed by atoms with E-state index in [9.17, 15) is 9.59 Å². The summed E-state index contributed by atoms with van der Waals surface area (Å²) in [5.74, 6) is -2.16. The molecule has 68 valence electrons. The van der Waals surface area contributed by atoms with Gasteiger partial charge in [0.25, 0.3) is 0 Å². The van der Waals surface area contributed by atoms with Gasteiger partial charge < -0.3 is 10.2 Å². The van der Waals surface area contributed by atoms with Crippen LogP contribution in [0.1, 0.15) is 20.3 Å². The smallest absolute Gasteiger partial charge is 0.330 e. The van der Waals surface area contributed by atoms with Gasteiger partial charge in [-0.1, -0.05) is 13.0 Å². The Kier molecular flexibility index (Phi) is 4.04. The average Bonchev–Trinajstić information content (AvgIpc) is 1.84. The van der Waals surface area contributed by atoms with Gasteiger partial charge in [0.2, 0.25) is 0 Å². The maximum absolute atomic E-state index is 10.3. The summed E-state index contributed by atoms with van der Waals surface area (Å²) in [5, 5.41) is 16.8. The van der Waals surface area contributed by atoms with Crippen LogP contribution in [0.3, 0.4) is 0 Å². The van der Waals surface area contributed by atoms with Crippen molar-refractivity contribution in [2.45, 2.75) is 20.3 Å². The molecule has 0 aromatic heterocycles. The van der Waals surface area contributed by atoms with E-state index in [0.717, 1.165) is 0 Å². The zero-order valence-corrected chi connectivity index (χ0v) is 7.07. The maximum Gasteiger partial charge on any atom is 0.330 e. The molecule has 2 N–H and O–H groups in total. The molecule has 0 spiro atoms. The fourth-order valence-corrected chi connectivity index (χ4v) is 0.832. The van der Waals surface area contributed by atoms with Gasteiger partial charge in [0.1, 0.15) is 0 Å². The van der Waals surface area contributed by atoms with Crippen LogP contribution in [0.4, 0.5) is 0 Å². The zero-order chi connectivity index (χ0) is 9.72. The lowest BCUT2D eigenvalue weighted by atomic mass is 10.1. The van der Waals surface area contributed by atoms with E-state index < -0.39 is 11.9 Å². The van der Waals surface area contributed by atoms with Crippen molar-refractivity contribution >= 4 is 11.9 Å². The first-order valence-electron chi connectivity index (χ1n) is 3.57. The fourth-order valence-electron chi connectivity index (χ4n) is 0.832. The lowest BCUT2D eigenvalue weighted by Gasteiger charge is -2.01. The van der Waals surface area contributed by atoms with E-state index >= 15 is 0 Å². The Hall–Kier alpha value is -1.32. The topological polar surface area (TPSA) is 74.6 Å². The van der Waals surface area contributed by atoms with Crippen molar-refractivity contribution in [3.63, 3.8) is 0 Å². The molecular weight excluding hydrogens is 160 g/mol. The molecule has 0 amide bonds. The van der Waals surface area contributed by atoms with Gasteiger partial charge in [-0.2, -0.15) is 0 Å². The van der Waals surface area contributed by atoms with Gasteiger partial charge in [-0.05, 0) is 12.8 Å². The summed E-state index contributed by atoms with van der Waals surface area (Å²) in [6.07, 6.45) is 1.40. The first-order valence-corrected chi connectivity index (χ1v) is 3.57. The summed E-state index contributed by atoms with van der Waals surface area (Å²) >= 11 is 0. The number of aliphatic carboxylic acids is 2. The van der Waals surface area contributed by atoms with Gasteiger partial charge in [-0.15, -0.1) is 0 Å². The number of hydrogen-bond acceptors (Lipinski definition) is 2. The number of carbonyl (C=O) groups is 2. The van der Waals surface area contributed by atoms with Crippen molar-refractivity contribution in [3.05, 3.63) is 11.6 Å². The molecule has 0 rings (SSSR count). The summed E-state index contributed by atoms with van der Waals surface area (Å²) in [4.78, 5) is 20.5. The van der Waals surface area contributed by atoms with Crippen molar-refractivity contribution in [1.82, 2.24) is 0 Å². The van der Waals surface area contributed by atoms with E-state index in [1.807, 2.05) is 0 Å². The SMILES string of the molecule is CC(=CC(C)CC(=O)O)C(=O)O. The molecule has 4 heteroatoms. The van der Waals surface area contributed by atoms with Crippen LogP contribution in [0.15, 0.2) is 11.6 Å². The molecule has 0 fully saturated rings. The number of allylic oxidation sites excluding steroid dienone is 1.